The summed E-state index contributed by atoms with van der Waals surface area (Å²) < 4.78 is 0. The highest BCUT2D eigenvalue weighted by Crippen LogP contribution is 2.27. The van der Waals surface area contributed by atoms with Gasteiger partial charge in [-0.15, -0.1) is 0 Å². The van der Waals surface area contributed by atoms with Gasteiger partial charge in [-0.3, -0.25) is 4.79 Å². The summed E-state index contributed by atoms with van der Waals surface area (Å²) >= 11 is 0. The highest BCUT2D eigenvalue weighted by Gasteiger charge is 2.28. The van der Waals surface area contributed by atoms with E-state index in [2.05, 4.69) is 17.6 Å². The zero-order valence-electron chi connectivity index (χ0n) is 10.3. The van der Waals surface area contributed by atoms with Gasteiger partial charge in [-0.25, -0.2) is 0 Å². The predicted molar refractivity (Wildman–Crippen MR) is 70.6 cm³/mol. The Morgan fingerprint density at radius 1 is 1.29 bits per heavy atom. The van der Waals surface area contributed by atoms with Crippen LogP contribution in [0.4, 0.5) is 5.69 Å². The van der Waals surface area contributed by atoms with Crippen molar-refractivity contribution in [3.8, 4) is 0 Å². The lowest BCUT2D eigenvalue weighted by Crippen LogP contribution is -2.22. The maximum Gasteiger partial charge on any atom is 0.187 e. The van der Waals surface area contributed by atoms with Crippen LogP contribution in [0.25, 0.3) is 0 Å². The van der Waals surface area contributed by atoms with Crippen molar-refractivity contribution in [2.45, 2.75) is 32.2 Å². The van der Waals surface area contributed by atoms with E-state index in [-0.39, 0.29) is 11.8 Å². The molecule has 0 saturated heterocycles. The van der Waals surface area contributed by atoms with Gasteiger partial charge in [-0.1, -0.05) is 19.1 Å². The largest absolute Gasteiger partial charge is 0.374 e. The molecule has 0 aromatic heterocycles. The number of benzene rings is 1. The summed E-state index contributed by atoms with van der Waals surface area (Å²) in [4.78, 5) is 12.0. The monoisotopic (exact) mass is 232 g/mol. The van der Waals surface area contributed by atoms with E-state index in [1.165, 1.54) is 0 Å². The second-order valence-corrected chi connectivity index (χ2v) is 4.46. The Balaban J connectivity index is 1.80. The minimum Gasteiger partial charge on any atom is -0.374 e. The van der Waals surface area contributed by atoms with E-state index >= 15 is 0 Å². The highest BCUT2D eigenvalue weighted by atomic mass is 16.1. The maximum atomic E-state index is 12.0. The van der Waals surface area contributed by atoms with E-state index in [0.717, 1.165) is 43.6 Å². The molecular weight excluding hydrogens is 212 g/mol. The molecule has 3 heteroatoms. The Labute approximate surface area is 103 Å². The SMILES string of the molecule is CCNCCCCC1Nc2ccccc2C1=O. The first kappa shape index (κ1) is 12.1. The molecule has 1 atom stereocenters. The molecule has 17 heavy (non-hydrogen) atoms. The molecule has 0 aliphatic carbocycles. The third kappa shape index (κ3) is 2.86. The van der Waals surface area contributed by atoms with Gasteiger partial charge in [0.2, 0.25) is 0 Å². The Kier molecular flexibility index (Phi) is 4.15. The maximum absolute atomic E-state index is 12.0. The minimum atomic E-state index is -0.00553. The molecule has 0 fully saturated rings. The van der Waals surface area contributed by atoms with Crippen LogP contribution >= 0.6 is 0 Å². The van der Waals surface area contributed by atoms with E-state index in [4.69, 9.17) is 0 Å². The van der Waals surface area contributed by atoms with Gasteiger partial charge in [0.15, 0.2) is 5.78 Å². The number of anilines is 1. The topological polar surface area (TPSA) is 41.1 Å². The molecule has 92 valence electrons. The summed E-state index contributed by atoms with van der Waals surface area (Å²) in [6.45, 7) is 4.18. The van der Waals surface area contributed by atoms with Gasteiger partial charge in [-0.05, 0) is 44.5 Å². The summed E-state index contributed by atoms with van der Waals surface area (Å²) in [5.41, 5.74) is 1.85. The molecule has 0 amide bonds. The van der Waals surface area contributed by atoms with Crippen molar-refractivity contribution in [1.82, 2.24) is 5.32 Å². The first-order chi connectivity index (χ1) is 8.33. The van der Waals surface area contributed by atoms with Crippen LogP contribution in [0, 0.1) is 0 Å². The number of hydrogen-bond donors (Lipinski definition) is 2. The lowest BCUT2D eigenvalue weighted by Gasteiger charge is -2.09. The smallest absolute Gasteiger partial charge is 0.187 e. The number of carbonyl (C=O) groups is 1. The van der Waals surface area contributed by atoms with Crippen LogP contribution in [0.1, 0.15) is 36.5 Å². The van der Waals surface area contributed by atoms with Gasteiger partial charge in [0.25, 0.3) is 0 Å². The van der Waals surface area contributed by atoms with Crippen LogP contribution < -0.4 is 10.6 Å². The third-order valence-corrected chi connectivity index (χ3v) is 3.19. The number of rotatable bonds is 6. The second kappa shape index (κ2) is 5.82. The molecule has 3 nitrogen and oxygen atoms in total. The predicted octanol–water partition coefficient (Wildman–Crippen LogP) is 2.44. The lowest BCUT2D eigenvalue weighted by molar-refractivity contribution is 0.0975. The summed E-state index contributed by atoms with van der Waals surface area (Å²) in [6.07, 6.45) is 3.15. The third-order valence-electron chi connectivity index (χ3n) is 3.19. The normalized spacial score (nSPS) is 17.9. The van der Waals surface area contributed by atoms with Crippen molar-refractivity contribution in [2.75, 3.05) is 18.4 Å². The summed E-state index contributed by atoms with van der Waals surface area (Å²) in [6, 6.07) is 7.77. The number of carbonyl (C=O) groups excluding carboxylic acids is 1. The van der Waals surface area contributed by atoms with Crippen molar-refractivity contribution >= 4 is 11.5 Å². The average Bonchev–Trinajstić information content (AvgIpc) is 2.67. The minimum absolute atomic E-state index is 0.00553. The Morgan fingerprint density at radius 2 is 2.12 bits per heavy atom. The van der Waals surface area contributed by atoms with Crippen LogP contribution in [-0.2, 0) is 0 Å². The average molecular weight is 232 g/mol. The molecule has 0 spiro atoms. The van der Waals surface area contributed by atoms with Gasteiger partial charge in [0, 0.05) is 11.3 Å². The molecule has 1 heterocycles. The van der Waals surface area contributed by atoms with Gasteiger partial charge in [0.1, 0.15) is 0 Å². The molecule has 1 aliphatic heterocycles. The van der Waals surface area contributed by atoms with E-state index in [9.17, 15) is 4.79 Å². The van der Waals surface area contributed by atoms with Crippen LogP contribution in [0.2, 0.25) is 0 Å². The van der Waals surface area contributed by atoms with Gasteiger partial charge < -0.3 is 10.6 Å². The highest BCUT2D eigenvalue weighted by molar-refractivity contribution is 6.10. The number of ketones is 1. The molecular formula is C14H20N2O. The molecule has 1 aromatic rings. The number of unbranched alkanes of at least 4 members (excludes halogenated alkanes) is 1. The molecule has 2 rings (SSSR count). The summed E-state index contributed by atoms with van der Waals surface area (Å²) in [7, 11) is 0. The van der Waals surface area contributed by atoms with E-state index in [0.29, 0.717) is 0 Å². The zero-order valence-corrected chi connectivity index (χ0v) is 10.3. The van der Waals surface area contributed by atoms with E-state index in [1.54, 1.807) is 0 Å². The number of nitrogens with one attached hydrogen (secondary N) is 2. The summed E-state index contributed by atoms with van der Waals surface area (Å²) in [5, 5.41) is 6.60. The number of Topliss-reactive ketones (excluding diaryl/α,β-unsaturated/α-hetero) is 1. The standard InChI is InChI=1S/C14H20N2O/c1-2-15-10-6-5-9-13-14(17)11-7-3-4-8-12(11)16-13/h3-4,7-8,13,15-16H,2,5-6,9-10H2,1H3. The van der Waals surface area contributed by atoms with Crippen molar-refractivity contribution in [3.63, 3.8) is 0 Å². The fourth-order valence-corrected chi connectivity index (χ4v) is 2.24. The first-order valence-electron chi connectivity index (χ1n) is 6.43. The van der Waals surface area contributed by atoms with E-state index in [1.807, 2.05) is 24.3 Å². The molecule has 1 aliphatic rings. The lowest BCUT2D eigenvalue weighted by atomic mass is 10.0. The zero-order chi connectivity index (χ0) is 12.1. The molecule has 0 radical (unpaired) electrons. The van der Waals surface area contributed by atoms with Crippen LogP contribution in [0.3, 0.4) is 0 Å². The van der Waals surface area contributed by atoms with Crippen molar-refractivity contribution in [1.29, 1.82) is 0 Å². The number of para-hydroxylation sites is 1. The number of fused-ring (bicyclic) bond motifs is 1. The van der Waals surface area contributed by atoms with Crippen molar-refractivity contribution in [2.24, 2.45) is 0 Å². The van der Waals surface area contributed by atoms with Crippen molar-refractivity contribution < 1.29 is 4.79 Å². The Hall–Kier alpha value is -1.35. The fourth-order valence-electron chi connectivity index (χ4n) is 2.24. The molecule has 2 N–H and O–H groups in total. The second-order valence-electron chi connectivity index (χ2n) is 4.46. The molecule has 1 aromatic carbocycles. The van der Waals surface area contributed by atoms with Gasteiger partial charge >= 0.3 is 0 Å². The first-order valence-corrected chi connectivity index (χ1v) is 6.43. The van der Waals surface area contributed by atoms with Gasteiger partial charge in [0.05, 0.1) is 6.04 Å². The number of hydrogen-bond acceptors (Lipinski definition) is 3. The van der Waals surface area contributed by atoms with Gasteiger partial charge in [-0.2, -0.15) is 0 Å². The Bertz CT molecular complexity index is 390. The molecule has 0 bridgehead atoms. The van der Waals surface area contributed by atoms with E-state index < -0.39 is 0 Å². The molecule has 0 saturated carbocycles. The Morgan fingerprint density at radius 3 is 2.88 bits per heavy atom. The van der Waals surface area contributed by atoms with Crippen LogP contribution in [0.15, 0.2) is 24.3 Å². The fraction of sp³-hybridized carbons (Fsp3) is 0.500. The molecule has 1 unspecified atom stereocenters. The van der Waals surface area contributed by atoms with Crippen LogP contribution in [-0.4, -0.2) is 24.9 Å². The quantitative estimate of drug-likeness (QED) is 0.740. The summed E-state index contributed by atoms with van der Waals surface area (Å²) in [5.74, 6) is 0.254. The van der Waals surface area contributed by atoms with Crippen LogP contribution in [0.5, 0.6) is 0 Å². The van der Waals surface area contributed by atoms with Crippen molar-refractivity contribution in [3.05, 3.63) is 29.8 Å².